The van der Waals surface area contributed by atoms with Crippen molar-refractivity contribution >= 4 is 17.6 Å². The summed E-state index contributed by atoms with van der Waals surface area (Å²) in [7, 11) is 2.61. The summed E-state index contributed by atoms with van der Waals surface area (Å²) in [4.78, 5) is 25.1. The molecule has 0 bridgehead atoms. The summed E-state index contributed by atoms with van der Waals surface area (Å²) in [5.74, 6) is -2.57. The first-order valence-corrected chi connectivity index (χ1v) is 8.80. The summed E-state index contributed by atoms with van der Waals surface area (Å²) >= 11 is 0. The third-order valence-corrected chi connectivity index (χ3v) is 4.07. The molecule has 30 heavy (non-hydrogen) atoms. The molecule has 0 spiro atoms. The SMILES string of the molecule is CCOC(=O)[C@@](NC(=O)c1ccccc1)(Nc1ccc(OC)cc1OC)C(F)(F)F. The van der Waals surface area contributed by atoms with Crippen LogP contribution in [0.15, 0.2) is 48.5 Å². The van der Waals surface area contributed by atoms with Gasteiger partial charge < -0.3 is 24.8 Å². The van der Waals surface area contributed by atoms with Crippen LogP contribution in [0.5, 0.6) is 11.5 Å². The molecule has 0 unspecified atom stereocenters. The van der Waals surface area contributed by atoms with Crippen LogP contribution in [0.2, 0.25) is 0 Å². The molecule has 0 aliphatic carbocycles. The minimum Gasteiger partial charge on any atom is -0.497 e. The van der Waals surface area contributed by atoms with Crippen LogP contribution in [0.25, 0.3) is 0 Å². The Labute approximate surface area is 171 Å². The van der Waals surface area contributed by atoms with Gasteiger partial charge in [-0.25, -0.2) is 4.79 Å². The second kappa shape index (κ2) is 9.38. The van der Waals surface area contributed by atoms with E-state index in [1.165, 1.54) is 63.6 Å². The number of hydrogen-bond donors (Lipinski definition) is 2. The van der Waals surface area contributed by atoms with Crippen LogP contribution < -0.4 is 20.1 Å². The van der Waals surface area contributed by atoms with Gasteiger partial charge in [0.1, 0.15) is 11.5 Å². The van der Waals surface area contributed by atoms with Crippen molar-refractivity contribution in [2.75, 3.05) is 26.1 Å². The van der Waals surface area contributed by atoms with Crippen LogP contribution in [0.1, 0.15) is 17.3 Å². The van der Waals surface area contributed by atoms with E-state index in [0.717, 1.165) is 0 Å². The highest BCUT2D eigenvalue weighted by Crippen LogP contribution is 2.37. The highest BCUT2D eigenvalue weighted by molar-refractivity contribution is 5.99. The lowest BCUT2D eigenvalue weighted by Gasteiger charge is -2.35. The summed E-state index contributed by atoms with van der Waals surface area (Å²) in [5, 5.41) is 3.84. The number of esters is 1. The zero-order valence-electron chi connectivity index (χ0n) is 16.5. The molecule has 0 aromatic heterocycles. The standard InChI is InChI=1S/C20H21F3N2O5/c1-4-30-18(27)19(20(21,22)23,25-17(26)13-8-6-5-7-9-13)24-15-11-10-14(28-2)12-16(15)29-3/h5-12,24H,4H2,1-3H3,(H,25,26)/t19-/m0/s1. The van der Waals surface area contributed by atoms with Crippen molar-refractivity contribution in [1.29, 1.82) is 0 Å². The topological polar surface area (TPSA) is 85.9 Å². The molecule has 1 amide bonds. The van der Waals surface area contributed by atoms with E-state index < -0.39 is 23.7 Å². The maximum absolute atomic E-state index is 14.2. The predicted octanol–water partition coefficient (Wildman–Crippen LogP) is 3.37. The summed E-state index contributed by atoms with van der Waals surface area (Å²) < 4.78 is 57.5. The molecule has 1 atom stereocenters. The number of nitrogens with one attached hydrogen (secondary N) is 2. The highest BCUT2D eigenvalue weighted by atomic mass is 19.4. The number of rotatable bonds is 8. The Morgan fingerprint density at radius 3 is 2.20 bits per heavy atom. The lowest BCUT2D eigenvalue weighted by Crippen LogP contribution is -2.69. The van der Waals surface area contributed by atoms with Gasteiger partial charge in [-0.1, -0.05) is 18.2 Å². The third kappa shape index (κ3) is 4.76. The van der Waals surface area contributed by atoms with Gasteiger partial charge in [0.25, 0.3) is 5.91 Å². The van der Waals surface area contributed by atoms with Crippen molar-refractivity contribution in [1.82, 2.24) is 5.32 Å². The lowest BCUT2D eigenvalue weighted by molar-refractivity contribution is -0.204. The molecular formula is C20H21F3N2O5. The monoisotopic (exact) mass is 426 g/mol. The zero-order chi connectivity index (χ0) is 22.4. The van der Waals surface area contributed by atoms with Gasteiger partial charge in [-0.2, -0.15) is 13.2 Å². The van der Waals surface area contributed by atoms with Gasteiger partial charge in [0.2, 0.25) is 0 Å². The Morgan fingerprint density at radius 2 is 1.67 bits per heavy atom. The molecule has 2 aromatic carbocycles. The van der Waals surface area contributed by atoms with Crippen LogP contribution in [0.3, 0.4) is 0 Å². The van der Waals surface area contributed by atoms with Crippen LogP contribution in [0.4, 0.5) is 18.9 Å². The van der Waals surface area contributed by atoms with Crippen molar-refractivity contribution in [2.24, 2.45) is 0 Å². The van der Waals surface area contributed by atoms with E-state index in [4.69, 9.17) is 9.47 Å². The number of amides is 1. The number of benzene rings is 2. The number of methoxy groups -OCH3 is 2. The van der Waals surface area contributed by atoms with E-state index in [-0.39, 0.29) is 23.6 Å². The van der Waals surface area contributed by atoms with Crippen LogP contribution >= 0.6 is 0 Å². The van der Waals surface area contributed by atoms with Crippen molar-refractivity contribution in [3.8, 4) is 11.5 Å². The van der Waals surface area contributed by atoms with Crippen LogP contribution in [-0.2, 0) is 9.53 Å². The summed E-state index contributed by atoms with van der Waals surface area (Å²) in [6.07, 6.45) is -5.27. The Kier molecular flexibility index (Phi) is 7.14. The van der Waals surface area contributed by atoms with Gasteiger partial charge in [-0.3, -0.25) is 4.79 Å². The molecule has 162 valence electrons. The van der Waals surface area contributed by atoms with Gasteiger partial charge >= 0.3 is 17.8 Å². The van der Waals surface area contributed by atoms with E-state index in [1.807, 2.05) is 0 Å². The minimum atomic E-state index is -5.27. The normalized spacial score (nSPS) is 13.0. The number of halogens is 3. The quantitative estimate of drug-likeness (QED) is 0.497. The van der Waals surface area contributed by atoms with Gasteiger partial charge in [0.15, 0.2) is 0 Å². The second-order valence-electron chi connectivity index (χ2n) is 5.98. The molecule has 10 heteroatoms. The van der Waals surface area contributed by atoms with E-state index in [0.29, 0.717) is 5.75 Å². The highest BCUT2D eigenvalue weighted by Gasteiger charge is 2.64. The maximum Gasteiger partial charge on any atom is 0.441 e. The molecule has 0 aliphatic heterocycles. The molecule has 0 saturated heterocycles. The molecule has 2 rings (SSSR count). The first-order chi connectivity index (χ1) is 14.2. The molecule has 7 nitrogen and oxygen atoms in total. The van der Waals surface area contributed by atoms with E-state index >= 15 is 0 Å². The number of carbonyl (C=O) groups excluding carboxylic acids is 2. The Bertz CT molecular complexity index is 890. The zero-order valence-corrected chi connectivity index (χ0v) is 16.5. The fourth-order valence-corrected chi connectivity index (χ4v) is 2.57. The Balaban J connectivity index is 2.57. The van der Waals surface area contributed by atoms with Crippen molar-refractivity contribution in [3.63, 3.8) is 0 Å². The van der Waals surface area contributed by atoms with Gasteiger partial charge in [-0.15, -0.1) is 0 Å². The lowest BCUT2D eigenvalue weighted by atomic mass is 10.1. The number of alkyl halides is 3. The first-order valence-electron chi connectivity index (χ1n) is 8.80. The Morgan fingerprint density at radius 1 is 1.00 bits per heavy atom. The number of anilines is 1. The molecule has 0 fully saturated rings. The summed E-state index contributed by atoms with van der Waals surface area (Å²) in [6.45, 7) is 1.02. The van der Waals surface area contributed by atoms with Crippen LogP contribution in [0, 0.1) is 0 Å². The number of carbonyl (C=O) groups is 2. The maximum atomic E-state index is 14.2. The fraction of sp³-hybridized carbons (Fsp3) is 0.300. The second-order valence-corrected chi connectivity index (χ2v) is 5.98. The Hall–Kier alpha value is -3.43. The van der Waals surface area contributed by atoms with Crippen molar-refractivity contribution < 1.29 is 37.0 Å². The largest absolute Gasteiger partial charge is 0.497 e. The molecule has 0 aliphatic rings. The average Bonchev–Trinajstić information content (AvgIpc) is 2.73. The minimum absolute atomic E-state index is 0.0405. The molecule has 0 heterocycles. The predicted molar refractivity (Wildman–Crippen MR) is 102 cm³/mol. The number of ether oxygens (including phenoxy) is 3. The molecule has 2 N–H and O–H groups in total. The smallest absolute Gasteiger partial charge is 0.441 e. The van der Waals surface area contributed by atoms with E-state index in [2.05, 4.69) is 10.1 Å². The molecule has 2 aromatic rings. The fourth-order valence-electron chi connectivity index (χ4n) is 2.57. The number of hydrogen-bond acceptors (Lipinski definition) is 6. The third-order valence-electron chi connectivity index (χ3n) is 4.07. The van der Waals surface area contributed by atoms with E-state index in [1.54, 1.807) is 11.4 Å². The molecule has 0 radical (unpaired) electrons. The van der Waals surface area contributed by atoms with Crippen molar-refractivity contribution in [2.45, 2.75) is 18.8 Å². The van der Waals surface area contributed by atoms with Gasteiger partial charge in [0.05, 0.1) is 26.5 Å². The summed E-state index contributed by atoms with van der Waals surface area (Å²) in [6, 6.07) is 11.1. The summed E-state index contributed by atoms with van der Waals surface area (Å²) in [5.41, 5.74) is -3.85. The average molecular weight is 426 g/mol. The molecular weight excluding hydrogens is 405 g/mol. The van der Waals surface area contributed by atoms with Crippen LogP contribution in [-0.4, -0.2) is 44.5 Å². The first kappa shape index (κ1) is 22.9. The molecule has 0 saturated carbocycles. The van der Waals surface area contributed by atoms with Gasteiger partial charge in [-0.05, 0) is 31.2 Å². The van der Waals surface area contributed by atoms with Gasteiger partial charge in [0, 0.05) is 11.6 Å². The van der Waals surface area contributed by atoms with E-state index in [9.17, 15) is 22.8 Å². The van der Waals surface area contributed by atoms with Crippen molar-refractivity contribution in [3.05, 3.63) is 54.1 Å².